The molecule has 0 heterocycles. The third kappa shape index (κ3) is 2.98. The number of hydrogen-bond acceptors (Lipinski definition) is 1. The van der Waals surface area contributed by atoms with E-state index >= 15 is 0 Å². The molecule has 1 fully saturated rings. The highest BCUT2D eigenvalue weighted by Gasteiger charge is 2.18. The van der Waals surface area contributed by atoms with Crippen molar-refractivity contribution in [3.63, 3.8) is 0 Å². The first-order valence-electron chi connectivity index (χ1n) is 7.50. The first kappa shape index (κ1) is 12.7. The van der Waals surface area contributed by atoms with Gasteiger partial charge in [0.25, 0.3) is 0 Å². The Kier molecular flexibility index (Phi) is 3.84. The molecule has 19 heavy (non-hydrogen) atoms. The van der Waals surface area contributed by atoms with Crippen molar-refractivity contribution < 1.29 is 5.11 Å². The van der Waals surface area contributed by atoms with Gasteiger partial charge in [-0.25, -0.2) is 0 Å². The highest BCUT2D eigenvalue weighted by Crippen LogP contribution is 2.32. The van der Waals surface area contributed by atoms with E-state index in [1.165, 1.54) is 42.9 Å². The van der Waals surface area contributed by atoms with Crippen LogP contribution in [0.15, 0.2) is 42.5 Å². The van der Waals surface area contributed by atoms with Crippen LogP contribution in [0.25, 0.3) is 10.8 Å². The minimum absolute atomic E-state index is 0.298. The van der Waals surface area contributed by atoms with E-state index in [4.69, 9.17) is 0 Å². The summed E-state index contributed by atoms with van der Waals surface area (Å²) in [5.74, 6) is 0.718. The summed E-state index contributed by atoms with van der Waals surface area (Å²) >= 11 is 0. The fourth-order valence-electron chi connectivity index (χ4n) is 3.29. The van der Waals surface area contributed by atoms with Crippen molar-refractivity contribution in [2.24, 2.45) is 5.92 Å². The fourth-order valence-corrected chi connectivity index (χ4v) is 3.29. The van der Waals surface area contributed by atoms with E-state index in [1.807, 2.05) is 0 Å². The van der Waals surface area contributed by atoms with E-state index in [1.54, 1.807) is 0 Å². The zero-order chi connectivity index (χ0) is 13.1. The van der Waals surface area contributed by atoms with Crippen molar-refractivity contribution in [2.75, 3.05) is 0 Å². The normalized spacial score (nSPS) is 18.6. The van der Waals surface area contributed by atoms with Gasteiger partial charge in [-0.05, 0) is 34.7 Å². The molecule has 0 aliphatic heterocycles. The van der Waals surface area contributed by atoms with Gasteiger partial charge in [-0.15, -0.1) is 0 Å². The zero-order valence-electron chi connectivity index (χ0n) is 11.4. The topological polar surface area (TPSA) is 20.2 Å². The van der Waals surface area contributed by atoms with Crippen LogP contribution < -0.4 is 0 Å². The van der Waals surface area contributed by atoms with Crippen LogP contribution in [0.3, 0.4) is 0 Å². The molecule has 1 heteroatoms. The monoisotopic (exact) mass is 254 g/mol. The minimum Gasteiger partial charge on any atom is -0.388 e. The van der Waals surface area contributed by atoms with Crippen LogP contribution in [-0.4, -0.2) is 5.11 Å². The third-order valence-electron chi connectivity index (χ3n) is 4.44. The molecule has 1 saturated carbocycles. The summed E-state index contributed by atoms with van der Waals surface area (Å²) in [6.45, 7) is 0. The molecule has 1 aliphatic rings. The van der Waals surface area contributed by atoms with Gasteiger partial charge >= 0.3 is 0 Å². The molecule has 0 aromatic heterocycles. The van der Waals surface area contributed by atoms with Crippen molar-refractivity contribution in [3.05, 3.63) is 48.0 Å². The first-order valence-corrected chi connectivity index (χ1v) is 7.50. The highest BCUT2D eigenvalue weighted by atomic mass is 16.3. The standard InChI is InChI=1S/C18H22O/c19-18(12-14-6-2-1-3-7-14)17-11-10-15-8-4-5-9-16(15)13-17/h4-5,8-11,13-14,18-19H,1-3,6-7,12H2. The summed E-state index contributed by atoms with van der Waals surface area (Å²) in [5, 5.41) is 12.9. The molecule has 1 N–H and O–H groups in total. The molecule has 100 valence electrons. The maximum atomic E-state index is 10.4. The van der Waals surface area contributed by atoms with Crippen LogP contribution in [0.1, 0.15) is 50.2 Å². The lowest BCUT2D eigenvalue weighted by atomic mass is 9.84. The Morgan fingerprint density at radius 3 is 2.47 bits per heavy atom. The molecule has 1 unspecified atom stereocenters. The number of aliphatic hydroxyl groups is 1. The van der Waals surface area contributed by atoms with Gasteiger partial charge in [-0.3, -0.25) is 0 Å². The summed E-state index contributed by atoms with van der Waals surface area (Å²) in [6.07, 6.45) is 7.29. The largest absolute Gasteiger partial charge is 0.388 e. The van der Waals surface area contributed by atoms with E-state index < -0.39 is 0 Å². The van der Waals surface area contributed by atoms with Crippen molar-refractivity contribution >= 4 is 10.8 Å². The molecule has 2 aromatic rings. The third-order valence-corrected chi connectivity index (χ3v) is 4.44. The van der Waals surface area contributed by atoms with E-state index in [0.717, 1.165) is 17.9 Å². The molecule has 0 saturated heterocycles. The number of fused-ring (bicyclic) bond motifs is 1. The smallest absolute Gasteiger partial charge is 0.0792 e. The van der Waals surface area contributed by atoms with E-state index in [9.17, 15) is 5.11 Å². The van der Waals surface area contributed by atoms with Gasteiger partial charge in [0, 0.05) is 0 Å². The zero-order valence-corrected chi connectivity index (χ0v) is 11.4. The average Bonchev–Trinajstić information content (AvgIpc) is 2.48. The van der Waals surface area contributed by atoms with Crippen LogP contribution in [0.2, 0.25) is 0 Å². The second-order valence-corrected chi connectivity index (χ2v) is 5.86. The second kappa shape index (κ2) is 5.75. The molecular formula is C18H22O. The first-order chi connectivity index (χ1) is 9.33. The molecule has 3 rings (SSSR count). The molecule has 0 radical (unpaired) electrons. The van der Waals surface area contributed by atoms with Crippen LogP contribution in [-0.2, 0) is 0 Å². The summed E-state index contributed by atoms with van der Waals surface area (Å²) < 4.78 is 0. The van der Waals surface area contributed by atoms with Crippen molar-refractivity contribution in [3.8, 4) is 0 Å². The summed E-state index contributed by atoms with van der Waals surface area (Å²) in [7, 11) is 0. The Bertz CT molecular complexity index is 540. The highest BCUT2D eigenvalue weighted by molar-refractivity contribution is 5.83. The summed E-state index contributed by atoms with van der Waals surface area (Å²) in [6, 6.07) is 14.7. The predicted octanol–water partition coefficient (Wildman–Crippen LogP) is 4.84. The van der Waals surface area contributed by atoms with Gasteiger partial charge in [0.05, 0.1) is 6.10 Å². The van der Waals surface area contributed by atoms with Crippen LogP contribution >= 0.6 is 0 Å². The maximum absolute atomic E-state index is 10.4. The van der Waals surface area contributed by atoms with Gasteiger partial charge in [0.15, 0.2) is 0 Å². The van der Waals surface area contributed by atoms with Crippen LogP contribution in [0.5, 0.6) is 0 Å². The van der Waals surface area contributed by atoms with Gasteiger partial charge in [-0.2, -0.15) is 0 Å². The number of aliphatic hydroxyl groups excluding tert-OH is 1. The lowest BCUT2D eigenvalue weighted by Gasteiger charge is -2.24. The van der Waals surface area contributed by atoms with Gasteiger partial charge in [-0.1, -0.05) is 68.5 Å². The molecule has 2 aromatic carbocycles. The van der Waals surface area contributed by atoms with Crippen LogP contribution in [0, 0.1) is 5.92 Å². The quantitative estimate of drug-likeness (QED) is 0.830. The Labute approximate surface area is 115 Å². The summed E-state index contributed by atoms with van der Waals surface area (Å²) in [4.78, 5) is 0. The molecule has 1 aliphatic carbocycles. The lowest BCUT2D eigenvalue weighted by molar-refractivity contribution is 0.131. The molecule has 1 nitrogen and oxygen atoms in total. The summed E-state index contributed by atoms with van der Waals surface area (Å²) in [5.41, 5.74) is 1.07. The van der Waals surface area contributed by atoms with Crippen molar-refractivity contribution in [2.45, 2.75) is 44.6 Å². The van der Waals surface area contributed by atoms with Gasteiger partial charge in [0.1, 0.15) is 0 Å². The van der Waals surface area contributed by atoms with Crippen molar-refractivity contribution in [1.82, 2.24) is 0 Å². The lowest BCUT2D eigenvalue weighted by Crippen LogP contribution is -2.11. The molecule has 0 amide bonds. The van der Waals surface area contributed by atoms with E-state index in [0.29, 0.717) is 0 Å². The fraction of sp³-hybridized carbons (Fsp3) is 0.444. The number of hydrogen-bond donors (Lipinski definition) is 1. The Balaban J connectivity index is 1.75. The predicted molar refractivity (Wildman–Crippen MR) is 80.1 cm³/mol. The Hall–Kier alpha value is -1.34. The van der Waals surface area contributed by atoms with Crippen LogP contribution in [0.4, 0.5) is 0 Å². The van der Waals surface area contributed by atoms with Gasteiger partial charge < -0.3 is 5.11 Å². The number of rotatable bonds is 3. The van der Waals surface area contributed by atoms with E-state index in [-0.39, 0.29) is 6.10 Å². The Morgan fingerprint density at radius 2 is 1.68 bits per heavy atom. The molecule has 1 atom stereocenters. The number of benzene rings is 2. The second-order valence-electron chi connectivity index (χ2n) is 5.86. The van der Waals surface area contributed by atoms with E-state index in [2.05, 4.69) is 42.5 Å². The Morgan fingerprint density at radius 1 is 0.947 bits per heavy atom. The minimum atomic E-state index is -0.298. The maximum Gasteiger partial charge on any atom is 0.0792 e. The van der Waals surface area contributed by atoms with Gasteiger partial charge in [0.2, 0.25) is 0 Å². The molecule has 0 bridgehead atoms. The SMILES string of the molecule is OC(CC1CCCCC1)c1ccc2ccccc2c1. The average molecular weight is 254 g/mol. The molecular weight excluding hydrogens is 232 g/mol. The van der Waals surface area contributed by atoms with Crippen molar-refractivity contribution in [1.29, 1.82) is 0 Å². The molecule has 0 spiro atoms.